The molecule has 0 N–H and O–H groups in total. The second-order valence-electron chi connectivity index (χ2n) is 1.74. The molecule has 12 heavy (non-hydrogen) atoms. The minimum atomic E-state index is -5.19. The molecule has 0 heterocycles. The molecule has 0 aromatic heterocycles. The Labute approximate surface area is 82.1 Å². The largest absolute Gasteiger partial charge is 2.00 e. The number of hydrogen-bond acceptors (Lipinski definition) is 2. The number of carboxylic acids is 1. The van der Waals surface area contributed by atoms with Gasteiger partial charge in [-0.1, -0.05) is 6.92 Å². The zero-order valence-electron chi connectivity index (χ0n) is 6.18. The maximum atomic E-state index is 10.5. The Hall–Kier alpha value is -0.468. The molecular formula is C6H7F3O2Pd. The number of carboxylic acid groups (broad SMARTS) is 1. The van der Waals surface area contributed by atoms with Crippen LogP contribution in [0.15, 0.2) is 12.2 Å². The molecule has 0 amide bonds. The average Bonchev–Trinajstić information content (AvgIpc) is 1.59. The molecule has 0 aliphatic rings. The molecule has 0 spiro atoms. The van der Waals surface area contributed by atoms with Gasteiger partial charge in [-0.05, 0) is 0 Å². The Morgan fingerprint density at radius 1 is 1.50 bits per heavy atom. The van der Waals surface area contributed by atoms with Crippen molar-refractivity contribution in [3.8, 4) is 0 Å². The summed E-state index contributed by atoms with van der Waals surface area (Å²) in [5.41, 5.74) is 0.917. The van der Waals surface area contributed by atoms with E-state index in [1.807, 2.05) is 6.92 Å². The summed E-state index contributed by atoms with van der Waals surface area (Å²) in [6, 6.07) is 0. The minimum absolute atomic E-state index is 0. The van der Waals surface area contributed by atoms with Crippen molar-refractivity contribution in [2.24, 2.45) is 0 Å². The standard InChI is InChI=1S/C4H7.C2HF3O2.Pd/c1-4(2)3;3-2(4,5)1(6)7;/h1-2H2,3H3;(H,6,7);/q-1;;+2/p-1. The van der Waals surface area contributed by atoms with Crippen LogP contribution in [0.2, 0.25) is 0 Å². The van der Waals surface area contributed by atoms with Gasteiger partial charge in [-0.3, -0.25) is 0 Å². The van der Waals surface area contributed by atoms with Crippen LogP contribution in [0.5, 0.6) is 0 Å². The van der Waals surface area contributed by atoms with Gasteiger partial charge in [0, 0.05) is 0 Å². The third-order valence-corrected chi connectivity index (χ3v) is 0.231. The van der Waals surface area contributed by atoms with Gasteiger partial charge in [0.15, 0.2) is 0 Å². The number of halogens is 3. The van der Waals surface area contributed by atoms with Crippen LogP contribution in [0.3, 0.4) is 0 Å². The first-order valence-electron chi connectivity index (χ1n) is 2.43. The molecule has 0 saturated carbocycles. The zero-order valence-corrected chi connectivity index (χ0v) is 7.74. The molecule has 0 unspecified atom stereocenters. The predicted octanol–water partition coefficient (Wildman–Crippen LogP) is 0.693. The first kappa shape index (κ1) is 17.6. The van der Waals surface area contributed by atoms with Crippen molar-refractivity contribution in [1.82, 2.24) is 0 Å². The predicted molar refractivity (Wildman–Crippen MR) is 31.2 cm³/mol. The van der Waals surface area contributed by atoms with Crippen LogP contribution in [0.4, 0.5) is 13.2 Å². The number of carbonyl (C=O) groups excluding carboxylic acids is 1. The smallest absolute Gasteiger partial charge is 0.542 e. The molecule has 0 aliphatic carbocycles. The Bertz CT molecular complexity index is 149. The first-order chi connectivity index (χ1) is 4.68. The van der Waals surface area contributed by atoms with Crippen molar-refractivity contribution < 1.29 is 43.5 Å². The molecule has 0 fully saturated rings. The topological polar surface area (TPSA) is 40.1 Å². The van der Waals surface area contributed by atoms with Crippen molar-refractivity contribution >= 4 is 5.97 Å². The van der Waals surface area contributed by atoms with E-state index in [1.54, 1.807) is 0 Å². The van der Waals surface area contributed by atoms with E-state index in [0.29, 0.717) is 0 Å². The number of carbonyl (C=O) groups is 1. The summed E-state index contributed by atoms with van der Waals surface area (Å²) in [5, 5.41) is 8.78. The summed E-state index contributed by atoms with van der Waals surface area (Å²) in [5.74, 6) is -3.01. The van der Waals surface area contributed by atoms with Crippen LogP contribution >= 0.6 is 0 Å². The van der Waals surface area contributed by atoms with Crippen LogP contribution in [-0.4, -0.2) is 12.1 Å². The molecule has 0 aromatic carbocycles. The Morgan fingerprint density at radius 3 is 1.58 bits per heavy atom. The third kappa shape index (κ3) is 22.7. The average molecular weight is 275 g/mol. The summed E-state index contributed by atoms with van der Waals surface area (Å²) in [6.45, 7) is 8.75. The van der Waals surface area contributed by atoms with E-state index < -0.39 is 12.1 Å². The van der Waals surface area contributed by atoms with Crippen molar-refractivity contribution in [3.05, 3.63) is 19.1 Å². The Kier molecular flexibility index (Phi) is 10.5. The number of alkyl halides is 3. The maximum Gasteiger partial charge on any atom is 2.00 e. The van der Waals surface area contributed by atoms with Gasteiger partial charge in [0.2, 0.25) is 0 Å². The van der Waals surface area contributed by atoms with E-state index in [1.165, 1.54) is 0 Å². The summed E-state index contributed by atoms with van der Waals surface area (Å²) in [6.07, 6.45) is -5.19. The second kappa shape index (κ2) is 7.20. The van der Waals surface area contributed by atoms with E-state index in [9.17, 15) is 13.2 Å². The molecule has 0 atom stereocenters. The molecule has 0 saturated heterocycles. The molecular weight excluding hydrogens is 267 g/mol. The molecule has 0 rings (SSSR count). The van der Waals surface area contributed by atoms with Crippen molar-refractivity contribution in [1.29, 1.82) is 0 Å². The van der Waals surface area contributed by atoms with E-state index in [2.05, 4.69) is 13.5 Å². The van der Waals surface area contributed by atoms with Gasteiger partial charge in [0.1, 0.15) is 5.97 Å². The quantitative estimate of drug-likeness (QED) is 0.482. The molecule has 0 radical (unpaired) electrons. The normalized spacial score (nSPS) is 8.67. The number of hydrogen-bond donors (Lipinski definition) is 0. The van der Waals surface area contributed by atoms with Crippen molar-refractivity contribution in [2.75, 3.05) is 0 Å². The summed E-state index contributed by atoms with van der Waals surface area (Å²) >= 11 is 0. The fraction of sp³-hybridized carbons (Fsp3) is 0.333. The first-order valence-corrected chi connectivity index (χ1v) is 2.43. The molecule has 6 heteroatoms. The second-order valence-corrected chi connectivity index (χ2v) is 1.74. The van der Waals surface area contributed by atoms with Gasteiger partial charge in [-0.2, -0.15) is 13.2 Å². The fourth-order valence-corrected chi connectivity index (χ4v) is 0. The van der Waals surface area contributed by atoms with E-state index in [0.717, 1.165) is 5.57 Å². The molecule has 0 aliphatic heterocycles. The van der Waals surface area contributed by atoms with E-state index in [-0.39, 0.29) is 20.4 Å². The van der Waals surface area contributed by atoms with Crippen LogP contribution in [0, 0.1) is 6.92 Å². The van der Waals surface area contributed by atoms with Crippen LogP contribution in [0.1, 0.15) is 6.92 Å². The van der Waals surface area contributed by atoms with Crippen LogP contribution < -0.4 is 5.11 Å². The van der Waals surface area contributed by atoms with E-state index in [4.69, 9.17) is 9.90 Å². The third-order valence-electron chi connectivity index (χ3n) is 0.231. The molecule has 74 valence electrons. The molecule has 0 bridgehead atoms. The van der Waals surface area contributed by atoms with Crippen LogP contribution in [-0.2, 0) is 25.2 Å². The van der Waals surface area contributed by atoms with Gasteiger partial charge in [0.05, 0.1) is 0 Å². The zero-order chi connectivity index (χ0) is 9.65. The minimum Gasteiger partial charge on any atom is -0.542 e. The number of allylic oxidation sites excluding steroid dienone is 1. The fourth-order valence-electron chi connectivity index (χ4n) is 0. The van der Waals surface area contributed by atoms with Gasteiger partial charge < -0.3 is 9.90 Å². The summed E-state index contributed by atoms with van der Waals surface area (Å²) < 4.78 is 31.5. The summed E-state index contributed by atoms with van der Waals surface area (Å²) in [7, 11) is 0. The van der Waals surface area contributed by atoms with Gasteiger partial charge in [-0.15, -0.1) is 0 Å². The Morgan fingerprint density at radius 2 is 1.58 bits per heavy atom. The van der Waals surface area contributed by atoms with Gasteiger partial charge >= 0.3 is 26.6 Å². The van der Waals surface area contributed by atoms with E-state index >= 15 is 0 Å². The molecule has 0 aromatic rings. The Balaban J connectivity index is -0.000000142. The van der Waals surface area contributed by atoms with Crippen molar-refractivity contribution in [3.63, 3.8) is 0 Å². The van der Waals surface area contributed by atoms with Gasteiger partial charge in [-0.25, -0.2) is 19.1 Å². The van der Waals surface area contributed by atoms with Crippen molar-refractivity contribution in [2.45, 2.75) is 13.1 Å². The van der Waals surface area contributed by atoms with Crippen LogP contribution in [0.25, 0.3) is 0 Å². The maximum absolute atomic E-state index is 10.5. The van der Waals surface area contributed by atoms with Gasteiger partial charge in [0.25, 0.3) is 0 Å². The SMILES string of the molecule is C=C([CH2-])C.O=C([O-])C(F)(F)F.[Pd+2]. The monoisotopic (exact) mass is 274 g/mol. The molecule has 2 nitrogen and oxygen atoms in total. The number of aliphatic carboxylic acids is 1. The number of rotatable bonds is 0. The summed E-state index contributed by atoms with van der Waals surface area (Å²) in [4.78, 5) is 8.78.